The first kappa shape index (κ1) is 14.1. The van der Waals surface area contributed by atoms with Crippen LogP contribution in [-0.4, -0.2) is 52.9 Å². The first-order chi connectivity index (χ1) is 9.49. The maximum Gasteiger partial charge on any atom is 0.335 e. The number of anilines is 1. The number of rotatable bonds is 2. The van der Waals surface area contributed by atoms with Gasteiger partial charge >= 0.3 is 12.0 Å². The highest BCUT2D eigenvalue weighted by molar-refractivity contribution is 5.93. The van der Waals surface area contributed by atoms with Gasteiger partial charge in [0.15, 0.2) is 0 Å². The number of phenolic OH excluding ortho intramolecular Hbond substituents is 1. The average molecular weight is 280 g/mol. The zero-order valence-corrected chi connectivity index (χ0v) is 11.0. The summed E-state index contributed by atoms with van der Waals surface area (Å²) in [7, 11) is 0. The molecule has 0 aliphatic carbocycles. The van der Waals surface area contributed by atoms with Crippen LogP contribution >= 0.6 is 0 Å². The van der Waals surface area contributed by atoms with Crippen molar-refractivity contribution in [2.24, 2.45) is 0 Å². The van der Waals surface area contributed by atoms with Crippen LogP contribution in [0.15, 0.2) is 18.2 Å². The van der Waals surface area contributed by atoms with Crippen LogP contribution in [0.1, 0.15) is 17.3 Å². The van der Waals surface area contributed by atoms with Crippen molar-refractivity contribution in [3.8, 4) is 5.75 Å². The van der Waals surface area contributed by atoms with E-state index in [1.54, 1.807) is 4.90 Å². The highest BCUT2D eigenvalue weighted by Gasteiger charge is 2.24. The van der Waals surface area contributed by atoms with Gasteiger partial charge in [0.05, 0.1) is 30.5 Å². The lowest BCUT2D eigenvalue weighted by Crippen LogP contribution is -2.48. The summed E-state index contributed by atoms with van der Waals surface area (Å²) in [5.41, 5.74) is 0.138. The molecule has 1 atom stereocenters. The Morgan fingerprint density at radius 2 is 2.20 bits per heavy atom. The summed E-state index contributed by atoms with van der Waals surface area (Å²) in [5, 5.41) is 21.1. The number of hydrogen-bond acceptors (Lipinski definition) is 4. The molecule has 1 aliphatic rings. The number of amides is 2. The molecule has 0 radical (unpaired) electrons. The zero-order valence-electron chi connectivity index (χ0n) is 11.0. The summed E-state index contributed by atoms with van der Waals surface area (Å²) < 4.78 is 5.24. The van der Waals surface area contributed by atoms with Crippen LogP contribution in [0.2, 0.25) is 0 Å². The number of phenols is 1. The number of morpholine rings is 1. The van der Waals surface area contributed by atoms with Gasteiger partial charge in [0.1, 0.15) is 5.75 Å². The van der Waals surface area contributed by atoms with Crippen molar-refractivity contribution in [2.75, 3.05) is 25.1 Å². The summed E-state index contributed by atoms with van der Waals surface area (Å²) >= 11 is 0. The number of carbonyl (C=O) groups is 2. The minimum Gasteiger partial charge on any atom is -0.506 e. The molecule has 0 aromatic heterocycles. The molecule has 3 N–H and O–H groups in total. The molecule has 0 spiro atoms. The zero-order chi connectivity index (χ0) is 14.7. The van der Waals surface area contributed by atoms with Gasteiger partial charge in [0.2, 0.25) is 0 Å². The predicted octanol–water partition coefficient (Wildman–Crippen LogP) is 1.34. The van der Waals surface area contributed by atoms with Gasteiger partial charge in [-0.15, -0.1) is 0 Å². The third-order valence-corrected chi connectivity index (χ3v) is 3.11. The van der Waals surface area contributed by atoms with Gasteiger partial charge in [-0.3, -0.25) is 0 Å². The van der Waals surface area contributed by atoms with Crippen molar-refractivity contribution in [3.05, 3.63) is 23.8 Å². The molecule has 7 heteroatoms. The molecule has 1 aromatic carbocycles. The lowest BCUT2D eigenvalue weighted by molar-refractivity contribution is 0.0221. The van der Waals surface area contributed by atoms with Gasteiger partial charge in [-0.2, -0.15) is 0 Å². The van der Waals surface area contributed by atoms with Crippen molar-refractivity contribution < 1.29 is 24.5 Å². The molecule has 2 rings (SSSR count). The van der Waals surface area contributed by atoms with E-state index in [2.05, 4.69) is 5.32 Å². The number of urea groups is 1. The number of aromatic hydroxyl groups is 1. The van der Waals surface area contributed by atoms with Crippen LogP contribution in [0.4, 0.5) is 10.5 Å². The molecule has 1 aromatic rings. The standard InChI is InChI=1S/C13H16N2O5/c1-8-7-20-5-4-15(8)13(19)14-10-3-2-9(12(17)18)6-11(10)16/h2-3,6,8,16H,4-5,7H2,1H3,(H,14,19)(H,17,18). The molecule has 1 fully saturated rings. The summed E-state index contributed by atoms with van der Waals surface area (Å²) in [4.78, 5) is 24.4. The molecular formula is C13H16N2O5. The molecule has 2 amide bonds. The van der Waals surface area contributed by atoms with Crippen LogP contribution in [0, 0.1) is 0 Å². The first-order valence-electron chi connectivity index (χ1n) is 6.20. The predicted molar refractivity (Wildman–Crippen MR) is 71.1 cm³/mol. The molecule has 1 saturated heterocycles. The summed E-state index contributed by atoms with van der Waals surface area (Å²) in [6, 6.07) is 3.38. The van der Waals surface area contributed by atoms with Gasteiger partial charge in [-0.25, -0.2) is 9.59 Å². The maximum atomic E-state index is 12.1. The number of carboxylic acid groups (broad SMARTS) is 1. The minimum absolute atomic E-state index is 0.0414. The Morgan fingerprint density at radius 1 is 1.45 bits per heavy atom. The van der Waals surface area contributed by atoms with Crippen LogP contribution in [0.5, 0.6) is 5.75 Å². The highest BCUT2D eigenvalue weighted by Crippen LogP contribution is 2.25. The van der Waals surface area contributed by atoms with Crippen molar-refractivity contribution in [1.29, 1.82) is 0 Å². The van der Waals surface area contributed by atoms with E-state index in [0.29, 0.717) is 19.8 Å². The third-order valence-electron chi connectivity index (χ3n) is 3.11. The molecule has 1 aliphatic heterocycles. The SMILES string of the molecule is CC1COCCN1C(=O)Nc1ccc(C(=O)O)cc1O. The third kappa shape index (κ3) is 3.00. The van der Waals surface area contributed by atoms with E-state index in [0.717, 1.165) is 6.07 Å². The normalized spacial score (nSPS) is 18.6. The monoisotopic (exact) mass is 280 g/mol. The molecule has 108 valence electrons. The molecule has 1 unspecified atom stereocenters. The van der Waals surface area contributed by atoms with E-state index >= 15 is 0 Å². The van der Waals surface area contributed by atoms with E-state index in [9.17, 15) is 14.7 Å². The van der Waals surface area contributed by atoms with Crippen LogP contribution in [0.3, 0.4) is 0 Å². The van der Waals surface area contributed by atoms with Gasteiger partial charge in [-0.05, 0) is 25.1 Å². The molecule has 7 nitrogen and oxygen atoms in total. The quantitative estimate of drug-likeness (QED) is 0.710. The van der Waals surface area contributed by atoms with Crippen LogP contribution in [-0.2, 0) is 4.74 Å². The van der Waals surface area contributed by atoms with Gasteiger partial charge < -0.3 is 25.2 Å². The summed E-state index contributed by atoms with van der Waals surface area (Å²) in [6.07, 6.45) is 0. The number of ether oxygens (including phenoxy) is 1. The van der Waals surface area contributed by atoms with Gasteiger partial charge in [0.25, 0.3) is 0 Å². The number of aromatic carboxylic acids is 1. The first-order valence-corrected chi connectivity index (χ1v) is 6.20. The fourth-order valence-electron chi connectivity index (χ4n) is 1.99. The van der Waals surface area contributed by atoms with E-state index < -0.39 is 5.97 Å². The largest absolute Gasteiger partial charge is 0.506 e. The van der Waals surface area contributed by atoms with E-state index in [1.165, 1.54) is 12.1 Å². The summed E-state index contributed by atoms with van der Waals surface area (Å²) in [5.74, 6) is -1.42. The Hall–Kier alpha value is -2.28. The van der Waals surface area contributed by atoms with E-state index in [-0.39, 0.29) is 29.1 Å². The Bertz CT molecular complexity index is 531. The minimum atomic E-state index is -1.14. The van der Waals surface area contributed by atoms with Gasteiger partial charge in [-0.1, -0.05) is 0 Å². The number of carbonyl (C=O) groups excluding carboxylic acids is 1. The number of nitrogens with zero attached hydrogens (tertiary/aromatic N) is 1. The summed E-state index contributed by atoms with van der Waals surface area (Å²) in [6.45, 7) is 3.28. The Balaban J connectivity index is 2.09. The van der Waals surface area contributed by atoms with Gasteiger partial charge in [0, 0.05) is 6.54 Å². The fourth-order valence-corrected chi connectivity index (χ4v) is 1.99. The maximum absolute atomic E-state index is 12.1. The number of benzene rings is 1. The van der Waals surface area contributed by atoms with Crippen molar-refractivity contribution in [2.45, 2.75) is 13.0 Å². The second kappa shape index (κ2) is 5.79. The number of carboxylic acids is 1. The number of nitrogens with one attached hydrogen (secondary N) is 1. The number of hydrogen-bond donors (Lipinski definition) is 3. The topological polar surface area (TPSA) is 99.1 Å². The second-order valence-electron chi connectivity index (χ2n) is 4.58. The van der Waals surface area contributed by atoms with Crippen molar-refractivity contribution >= 4 is 17.7 Å². The van der Waals surface area contributed by atoms with E-state index in [1.807, 2.05) is 6.92 Å². The second-order valence-corrected chi connectivity index (χ2v) is 4.58. The molecule has 0 saturated carbocycles. The highest BCUT2D eigenvalue weighted by atomic mass is 16.5. The molecule has 0 bridgehead atoms. The van der Waals surface area contributed by atoms with Crippen molar-refractivity contribution in [3.63, 3.8) is 0 Å². The van der Waals surface area contributed by atoms with Crippen LogP contribution < -0.4 is 5.32 Å². The smallest absolute Gasteiger partial charge is 0.335 e. The van der Waals surface area contributed by atoms with E-state index in [4.69, 9.17) is 9.84 Å². The molecular weight excluding hydrogens is 264 g/mol. The lowest BCUT2D eigenvalue weighted by atomic mass is 10.2. The van der Waals surface area contributed by atoms with Crippen LogP contribution in [0.25, 0.3) is 0 Å². The fraction of sp³-hybridized carbons (Fsp3) is 0.385. The Labute approximate surface area is 115 Å². The molecule has 20 heavy (non-hydrogen) atoms. The Morgan fingerprint density at radius 3 is 2.80 bits per heavy atom. The van der Waals surface area contributed by atoms with Crippen molar-refractivity contribution in [1.82, 2.24) is 4.90 Å². The molecule has 1 heterocycles. The Kier molecular flexibility index (Phi) is 4.09. The lowest BCUT2D eigenvalue weighted by Gasteiger charge is -2.33. The average Bonchev–Trinajstić information content (AvgIpc) is 2.41.